The van der Waals surface area contributed by atoms with Crippen LogP contribution in [0.3, 0.4) is 0 Å². The highest BCUT2D eigenvalue weighted by Gasteiger charge is 2.30. The van der Waals surface area contributed by atoms with Crippen LogP contribution in [-0.2, 0) is 32.0 Å². The van der Waals surface area contributed by atoms with E-state index in [-0.39, 0.29) is 45.0 Å². The second-order valence-corrected chi connectivity index (χ2v) is 12.6. The van der Waals surface area contributed by atoms with Crippen molar-refractivity contribution in [3.05, 3.63) is 105 Å². The zero-order valence-electron chi connectivity index (χ0n) is 19.6. The fraction of sp³-hybridized carbons (Fsp3) is 0.120. The molecule has 9 nitrogen and oxygen atoms in total. The number of hydrogen-bond donors (Lipinski definition) is 2. The maximum Gasteiger partial charge on any atom is 0.286 e. The van der Waals surface area contributed by atoms with E-state index in [1.807, 2.05) is 0 Å². The lowest BCUT2D eigenvalue weighted by Crippen LogP contribution is -2.31. The molecular formula is C25H19F2N3O6S2. The van der Waals surface area contributed by atoms with Crippen molar-refractivity contribution < 1.29 is 30.7 Å². The van der Waals surface area contributed by atoms with Crippen molar-refractivity contribution in [2.75, 3.05) is 11.6 Å². The van der Waals surface area contributed by atoms with Gasteiger partial charge >= 0.3 is 0 Å². The number of amidine groups is 1. The summed E-state index contributed by atoms with van der Waals surface area (Å²) in [4.78, 5) is 13.1. The molecule has 0 atom stereocenters. The average molecular weight is 560 g/mol. The van der Waals surface area contributed by atoms with Crippen LogP contribution in [0.2, 0.25) is 0 Å². The number of nitrogens with one attached hydrogen (secondary N) is 1. The van der Waals surface area contributed by atoms with Crippen molar-refractivity contribution in [2.24, 2.45) is 4.40 Å². The summed E-state index contributed by atoms with van der Waals surface area (Å²) >= 11 is 0. The number of fused-ring (bicyclic) bond motifs is 2. The monoisotopic (exact) mass is 559 g/mol. The first-order valence-corrected chi connectivity index (χ1v) is 14.6. The van der Waals surface area contributed by atoms with Gasteiger partial charge in [-0.25, -0.2) is 17.2 Å². The summed E-state index contributed by atoms with van der Waals surface area (Å²) in [6, 6.07) is 11.5. The van der Waals surface area contributed by atoms with Gasteiger partial charge in [-0.3, -0.25) is 9.20 Å². The molecule has 1 aliphatic rings. The van der Waals surface area contributed by atoms with Crippen molar-refractivity contribution in [1.82, 2.24) is 4.40 Å². The molecule has 0 spiro atoms. The molecule has 5 rings (SSSR count). The quantitative estimate of drug-likeness (QED) is 0.384. The summed E-state index contributed by atoms with van der Waals surface area (Å²) in [5.74, 6) is -3.10. The van der Waals surface area contributed by atoms with Crippen molar-refractivity contribution >= 4 is 36.9 Å². The maximum atomic E-state index is 13.8. The van der Waals surface area contributed by atoms with E-state index in [0.29, 0.717) is 6.07 Å². The highest BCUT2D eigenvalue weighted by Crippen LogP contribution is 2.33. The van der Waals surface area contributed by atoms with E-state index in [1.54, 1.807) is 12.1 Å². The van der Waals surface area contributed by atoms with E-state index < -0.39 is 54.2 Å². The summed E-state index contributed by atoms with van der Waals surface area (Å²) in [6.45, 7) is 0. The summed E-state index contributed by atoms with van der Waals surface area (Å²) in [6.07, 6.45) is 2.23. The van der Waals surface area contributed by atoms with E-state index in [0.717, 1.165) is 18.4 Å². The third kappa shape index (κ3) is 4.77. The Morgan fingerprint density at radius 2 is 1.74 bits per heavy atom. The van der Waals surface area contributed by atoms with E-state index in [9.17, 15) is 35.5 Å². The number of sulfone groups is 1. The third-order valence-electron chi connectivity index (χ3n) is 5.88. The molecule has 0 bridgehead atoms. The number of aromatic hydroxyl groups is 1. The first-order chi connectivity index (χ1) is 17.8. The standard InChI is InChI=1S/C25H19F2N3O6S2/c1-37(33,34)13-14-5-6-19-21(11-14)38(35,36)29-24(28-19)22-23(31)18(10-15-8-16(26)12-17(27)9-15)20-4-2-3-7-30(20)25(22)32/h2-9,11-12,31H,10,13H2,1H3,(H,28,29). The number of halogens is 2. The summed E-state index contributed by atoms with van der Waals surface area (Å²) < 4.78 is 82.0. The van der Waals surface area contributed by atoms with Crippen LogP contribution in [0.5, 0.6) is 5.75 Å². The van der Waals surface area contributed by atoms with Crippen LogP contribution in [0.15, 0.2) is 74.9 Å². The molecule has 2 aromatic heterocycles. The second-order valence-electron chi connectivity index (χ2n) is 8.86. The minimum absolute atomic E-state index is 0.0259. The van der Waals surface area contributed by atoms with E-state index in [4.69, 9.17) is 0 Å². The molecule has 196 valence electrons. The average Bonchev–Trinajstić information content (AvgIpc) is 2.80. The highest BCUT2D eigenvalue weighted by atomic mass is 32.2. The Bertz CT molecular complexity index is 1930. The lowest BCUT2D eigenvalue weighted by Gasteiger charge is -2.21. The molecule has 0 radical (unpaired) electrons. The lowest BCUT2D eigenvalue weighted by molar-refractivity contribution is 0.467. The fourth-order valence-electron chi connectivity index (χ4n) is 4.37. The molecule has 0 aliphatic carbocycles. The topological polar surface area (TPSA) is 134 Å². The van der Waals surface area contributed by atoms with Crippen LogP contribution in [0.25, 0.3) is 5.52 Å². The predicted molar refractivity (Wildman–Crippen MR) is 137 cm³/mol. The van der Waals surface area contributed by atoms with Gasteiger partial charge in [-0.05, 0) is 47.5 Å². The Kier molecular flexibility index (Phi) is 6.07. The van der Waals surface area contributed by atoms with Crippen LogP contribution < -0.4 is 10.9 Å². The number of aromatic nitrogens is 1. The second kappa shape index (κ2) is 9.03. The number of nitrogens with zero attached hydrogens (tertiary/aromatic N) is 2. The number of benzene rings is 2. The summed E-state index contributed by atoms with van der Waals surface area (Å²) in [5, 5.41) is 14.0. The first kappa shape index (κ1) is 25.5. The molecule has 0 amide bonds. The van der Waals surface area contributed by atoms with Crippen LogP contribution >= 0.6 is 0 Å². The number of hydrogen-bond acceptors (Lipinski definition) is 7. The van der Waals surface area contributed by atoms with Crippen LogP contribution in [0, 0.1) is 11.6 Å². The number of rotatable bonds is 5. The lowest BCUT2D eigenvalue weighted by atomic mass is 10.00. The number of sulfonamides is 1. The van der Waals surface area contributed by atoms with Crippen molar-refractivity contribution in [3.63, 3.8) is 0 Å². The molecule has 13 heteroatoms. The fourth-order valence-corrected chi connectivity index (χ4v) is 6.33. The number of anilines is 1. The molecule has 2 N–H and O–H groups in total. The first-order valence-electron chi connectivity index (χ1n) is 11.1. The van der Waals surface area contributed by atoms with Crippen LogP contribution in [0.4, 0.5) is 14.5 Å². The van der Waals surface area contributed by atoms with Gasteiger partial charge in [0.25, 0.3) is 15.6 Å². The van der Waals surface area contributed by atoms with E-state index in [2.05, 4.69) is 9.71 Å². The van der Waals surface area contributed by atoms with Crippen LogP contribution in [0.1, 0.15) is 22.3 Å². The molecule has 0 unspecified atom stereocenters. The zero-order chi connectivity index (χ0) is 27.4. The van der Waals surface area contributed by atoms with Crippen molar-refractivity contribution in [3.8, 4) is 5.75 Å². The Morgan fingerprint density at radius 3 is 2.42 bits per heavy atom. The molecule has 3 heterocycles. The minimum atomic E-state index is -4.42. The molecule has 4 aromatic rings. The molecule has 2 aromatic carbocycles. The van der Waals surface area contributed by atoms with Crippen molar-refractivity contribution in [1.29, 1.82) is 0 Å². The van der Waals surface area contributed by atoms with Gasteiger partial charge in [-0.1, -0.05) is 12.1 Å². The van der Waals surface area contributed by atoms with Gasteiger partial charge < -0.3 is 10.4 Å². The summed E-state index contributed by atoms with van der Waals surface area (Å²) in [5.41, 5.74) is -0.467. The SMILES string of the molecule is CS(=O)(=O)Cc1ccc2c(c1)S(=O)(=O)N=C(c1c(O)c(Cc3cc(F)cc(F)c3)c3ccccn3c1=O)N2. The largest absolute Gasteiger partial charge is 0.507 e. The minimum Gasteiger partial charge on any atom is -0.507 e. The van der Waals surface area contributed by atoms with Crippen molar-refractivity contribution in [2.45, 2.75) is 17.1 Å². The van der Waals surface area contributed by atoms with Gasteiger partial charge in [0.2, 0.25) is 0 Å². The van der Waals surface area contributed by atoms with Gasteiger partial charge in [0.1, 0.15) is 27.8 Å². The normalized spacial score (nSPS) is 14.6. The Labute approximate surface area is 215 Å². The Hall–Kier alpha value is -4.10. The van der Waals surface area contributed by atoms with E-state index >= 15 is 0 Å². The molecule has 0 fully saturated rings. The van der Waals surface area contributed by atoms with Crippen LogP contribution in [-0.4, -0.2) is 38.4 Å². The van der Waals surface area contributed by atoms with Gasteiger partial charge in [-0.15, -0.1) is 4.40 Å². The van der Waals surface area contributed by atoms with Gasteiger partial charge in [0.15, 0.2) is 15.7 Å². The van der Waals surface area contributed by atoms with Gasteiger partial charge in [0, 0.05) is 30.5 Å². The smallest absolute Gasteiger partial charge is 0.286 e. The number of pyridine rings is 2. The third-order valence-corrected chi connectivity index (χ3v) is 8.06. The predicted octanol–water partition coefficient (Wildman–Crippen LogP) is 2.98. The molecule has 38 heavy (non-hydrogen) atoms. The highest BCUT2D eigenvalue weighted by molar-refractivity contribution is 7.90. The molecular weight excluding hydrogens is 540 g/mol. The molecule has 0 saturated carbocycles. The zero-order valence-corrected chi connectivity index (χ0v) is 21.3. The maximum absolute atomic E-state index is 13.8. The molecule has 0 saturated heterocycles. The van der Waals surface area contributed by atoms with Gasteiger partial charge in [0.05, 0.1) is 17.0 Å². The van der Waals surface area contributed by atoms with Gasteiger partial charge in [-0.2, -0.15) is 8.42 Å². The van der Waals surface area contributed by atoms with E-state index in [1.165, 1.54) is 34.9 Å². The Morgan fingerprint density at radius 1 is 1.03 bits per heavy atom. The molecule has 1 aliphatic heterocycles. The Balaban J connectivity index is 1.69. The summed E-state index contributed by atoms with van der Waals surface area (Å²) in [7, 11) is -7.85.